The zero-order chi connectivity index (χ0) is 28.7. The zero-order valence-corrected chi connectivity index (χ0v) is 22.6. The van der Waals surface area contributed by atoms with Crippen LogP contribution in [0.2, 0.25) is 5.02 Å². The number of carboxylic acids is 1. The van der Waals surface area contributed by atoms with Crippen molar-refractivity contribution in [1.29, 1.82) is 0 Å². The monoisotopic (exact) mass is 578 g/mol. The number of alkyl halides is 3. The van der Waals surface area contributed by atoms with Crippen molar-refractivity contribution >= 4 is 44.9 Å². The van der Waals surface area contributed by atoms with Crippen LogP contribution in [0.4, 0.5) is 24.5 Å². The highest BCUT2D eigenvalue weighted by atomic mass is 35.5. The standard InChI is InChI=1S/C22H29ClN4O3S.C2HF3O2/c1-4-16(3)25-22(28)17-6-8-21(27-11-9-24-10-12-27)20(13-17)26-31(29,30)18-7-5-15(2)19(23)14-18;3-2(4,5)1(6)7/h5-8,13-14,16,24,26H,4,9-12H2,1-3H3,(H,25,28);(H,6,7). The summed E-state index contributed by atoms with van der Waals surface area (Å²) in [6.45, 7) is 8.81. The van der Waals surface area contributed by atoms with Crippen LogP contribution in [0.25, 0.3) is 0 Å². The minimum Gasteiger partial charge on any atom is -0.475 e. The lowest BCUT2D eigenvalue weighted by atomic mass is 10.1. The number of piperazine rings is 1. The molecule has 0 saturated carbocycles. The number of amides is 1. The molecule has 2 aromatic carbocycles. The number of sulfonamides is 1. The molecule has 210 valence electrons. The number of nitrogens with one attached hydrogen (secondary N) is 3. The molecule has 0 spiro atoms. The molecule has 1 aliphatic heterocycles. The first-order valence-corrected chi connectivity index (χ1v) is 13.5. The quantitative estimate of drug-likeness (QED) is 0.391. The van der Waals surface area contributed by atoms with Gasteiger partial charge in [-0.25, -0.2) is 13.2 Å². The molecule has 0 bridgehead atoms. The number of nitrogens with zero attached hydrogens (tertiary/aromatic N) is 1. The van der Waals surface area contributed by atoms with Crippen molar-refractivity contribution in [3.05, 3.63) is 52.5 Å². The maximum Gasteiger partial charge on any atom is 0.490 e. The Morgan fingerprint density at radius 2 is 1.76 bits per heavy atom. The summed E-state index contributed by atoms with van der Waals surface area (Å²) in [4.78, 5) is 23.7. The van der Waals surface area contributed by atoms with Gasteiger partial charge in [-0.2, -0.15) is 13.2 Å². The summed E-state index contributed by atoms with van der Waals surface area (Å²) in [5, 5.41) is 13.7. The maximum absolute atomic E-state index is 13.1. The van der Waals surface area contributed by atoms with Crippen LogP contribution in [0.3, 0.4) is 0 Å². The average molecular weight is 579 g/mol. The van der Waals surface area contributed by atoms with Crippen LogP contribution in [-0.4, -0.2) is 63.8 Å². The van der Waals surface area contributed by atoms with Gasteiger partial charge in [-0.3, -0.25) is 9.52 Å². The number of benzene rings is 2. The van der Waals surface area contributed by atoms with Crippen molar-refractivity contribution in [3.63, 3.8) is 0 Å². The van der Waals surface area contributed by atoms with E-state index in [1.807, 2.05) is 20.8 Å². The van der Waals surface area contributed by atoms with Crippen LogP contribution in [0.1, 0.15) is 36.2 Å². The molecule has 38 heavy (non-hydrogen) atoms. The van der Waals surface area contributed by atoms with E-state index in [2.05, 4.69) is 20.3 Å². The normalized spacial score (nSPS) is 14.7. The van der Waals surface area contributed by atoms with E-state index in [-0.39, 0.29) is 16.8 Å². The van der Waals surface area contributed by atoms with Gasteiger partial charge in [0.15, 0.2) is 0 Å². The van der Waals surface area contributed by atoms with Gasteiger partial charge in [0.05, 0.1) is 16.3 Å². The summed E-state index contributed by atoms with van der Waals surface area (Å²) in [6, 6.07) is 9.78. The number of carbonyl (C=O) groups is 2. The molecule has 1 saturated heterocycles. The lowest BCUT2D eigenvalue weighted by Gasteiger charge is -2.31. The van der Waals surface area contributed by atoms with Crippen LogP contribution in [0.5, 0.6) is 0 Å². The Kier molecular flexibility index (Phi) is 10.8. The summed E-state index contributed by atoms with van der Waals surface area (Å²) in [5.74, 6) is -2.99. The fourth-order valence-electron chi connectivity index (χ4n) is 3.29. The molecule has 1 fully saturated rings. The number of anilines is 2. The second-order valence-electron chi connectivity index (χ2n) is 8.57. The number of carbonyl (C=O) groups excluding carboxylic acids is 1. The Balaban J connectivity index is 0.000000638. The van der Waals surface area contributed by atoms with E-state index in [9.17, 15) is 26.4 Å². The molecule has 1 unspecified atom stereocenters. The van der Waals surface area contributed by atoms with Gasteiger partial charge >= 0.3 is 12.1 Å². The molecular formula is C24H30ClF3N4O5S. The summed E-state index contributed by atoms with van der Waals surface area (Å²) >= 11 is 6.14. The summed E-state index contributed by atoms with van der Waals surface area (Å²) in [5.41, 5.74) is 2.31. The second-order valence-corrected chi connectivity index (χ2v) is 10.7. The van der Waals surface area contributed by atoms with Gasteiger partial charge in [0, 0.05) is 42.8 Å². The van der Waals surface area contributed by atoms with Gasteiger partial charge < -0.3 is 20.6 Å². The van der Waals surface area contributed by atoms with Crippen LogP contribution < -0.4 is 20.3 Å². The molecule has 2 aromatic rings. The Labute approximate surface area is 224 Å². The SMILES string of the molecule is CCC(C)NC(=O)c1ccc(N2CCNCC2)c(NS(=O)(=O)c2ccc(C)c(Cl)c2)c1.O=C(O)C(F)(F)F. The maximum atomic E-state index is 13.1. The number of carboxylic acid groups (broad SMARTS) is 1. The van der Waals surface area contributed by atoms with Gasteiger partial charge in [-0.15, -0.1) is 0 Å². The average Bonchev–Trinajstić information content (AvgIpc) is 2.85. The van der Waals surface area contributed by atoms with Crippen LogP contribution in [0.15, 0.2) is 41.3 Å². The van der Waals surface area contributed by atoms with Gasteiger partial charge in [-0.1, -0.05) is 24.6 Å². The molecular weight excluding hydrogens is 549 g/mol. The van der Waals surface area contributed by atoms with E-state index in [1.165, 1.54) is 12.1 Å². The zero-order valence-electron chi connectivity index (χ0n) is 21.0. The van der Waals surface area contributed by atoms with E-state index < -0.39 is 22.2 Å². The molecule has 0 radical (unpaired) electrons. The lowest BCUT2D eigenvalue weighted by molar-refractivity contribution is -0.192. The van der Waals surface area contributed by atoms with E-state index >= 15 is 0 Å². The molecule has 1 aliphatic rings. The van der Waals surface area contributed by atoms with Gasteiger partial charge in [0.1, 0.15) is 0 Å². The number of aliphatic carboxylic acids is 1. The fraction of sp³-hybridized carbons (Fsp3) is 0.417. The van der Waals surface area contributed by atoms with Crippen molar-refractivity contribution in [2.75, 3.05) is 35.8 Å². The molecule has 1 atom stereocenters. The predicted molar refractivity (Wildman–Crippen MR) is 139 cm³/mol. The third-order valence-electron chi connectivity index (χ3n) is 5.65. The summed E-state index contributed by atoms with van der Waals surface area (Å²) in [7, 11) is -3.89. The fourth-order valence-corrected chi connectivity index (χ4v) is 4.63. The van der Waals surface area contributed by atoms with E-state index in [0.29, 0.717) is 16.3 Å². The Morgan fingerprint density at radius 1 is 1.16 bits per heavy atom. The number of hydrogen-bond acceptors (Lipinski definition) is 6. The molecule has 4 N–H and O–H groups in total. The van der Waals surface area contributed by atoms with Crippen LogP contribution >= 0.6 is 11.6 Å². The minimum absolute atomic E-state index is 0.0233. The third-order valence-corrected chi connectivity index (χ3v) is 7.42. The summed E-state index contributed by atoms with van der Waals surface area (Å²) in [6.07, 6.45) is -4.28. The molecule has 1 heterocycles. The highest BCUT2D eigenvalue weighted by molar-refractivity contribution is 7.92. The first kappa shape index (κ1) is 31.2. The highest BCUT2D eigenvalue weighted by Gasteiger charge is 2.38. The number of aryl methyl sites for hydroxylation is 1. The largest absolute Gasteiger partial charge is 0.490 e. The Hall–Kier alpha value is -3.03. The first-order valence-electron chi connectivity index (χ1n) is 11.6. The molecule has 9 nitrogen and oxygen atoms in total. The Morgan fingerprint density at radius 3 is 2.29 bits per heavy atom. The van der Waals surface area contributed by atoms with Gasteiger partial charge in [0.25, 0.3) is 15.9 Å². The van der Waals surface area contributed by atoms with Crippen molar-refractivity contribution < 1.29 is 36.3 Å². The van der Waals surface area contributed by atoms with E-state index in [1.54, 1.807) is 24.3 Å². The van der Waals surface area contributed by atoms with E-state index in [4.69, 9.17) is 21.5 Å². The molecule has 0 aliphatic carbocycles. The van der Waals surface area contributed by atoms with Gasteiger partial charge in [0.2, 0.25) is 0 Å². The van der Waals surface area contributed by atoms with Crippen molar-refractivity contribution in [2.24, 2.45) is 0 Å². The molecule has 1 amide bonds. The van der Waals surface area contributed by atoms with Crippen LogP contribution in [0, 0.1) is 6.92 Å². The van der Waals surface area contributed by atoms with Crippen LogP contribution in [-0.2, 0) is 14.8 Å². The number of hydrogen-bond donors (Lipinski definition) is 4. The van der Waals surface area contributed by atoms with Crippen molar-refractivity contribution in [1.82, 2.24) is 10.6 Å². The Bertz CT molecular complexity index is 1250. The lowest BCUT2D eigenvalue weighted by Crippen LogP contribution is -2.43. The molecule has 3 rings (SSSR count). The van der Waals surface area contributed by atoms with Crippen molar-refractivity contribution in [3.8, 4) is 0 Å². The summed E-state index contributed by atoms with van der Waals surface area (Å²) < 4.78 is 60.6. The van der Waals surface area contributed by atoms with E-state index in [0.717, 1.165) is 43.9 Å². The smallest absolute Gasteiger partial charge is 0.475 e. The van der Waals surface area contributed by atoms with Gasteiger partial charge in [-0.05, 0) is 56.2 Å². The number of rotatable bonds is 7. The second kappa shape index (κ2) is 13.2. The predicted octanol–water partition coefficient (Wildman–Crippen LogP) is 4.02. The van der Waals surface area contributed by atoms with Crippen molar-refractivity contribution in [2.45, 2.75) is 44.3 Å². The first-order chi connectivity index (χ1) is 17.7. The minimum atomic E-state index is -5.08. The highest BCUT2D eigenvalue weighted by Crippen LogP contribution is 2.31. The third kappa shape index (κ3) is 8.77. The molecule has 14 heteroatoms. The number of halogens is 4. The topological polar surface area (TPSA) is 128 Å². The molecule has 0 aromatic heterocycles.